The van der Waals surface area contributed by atoms with Crippen molar-refractivity contribution >= 4 is 17.8 Å². The first kappa shape index (κ1) is 16.7. The minimum atomic E-state index is -1.16. The summed E-state index contributed by atoms with van der Waals surface area (Å²) in [6.45, 7) is 1.66. The minimum absolute atomic E-state index is 0.139. The third kappa shape index (κ3) is 5.27. The number of carboxylic acid groups (broad SMARTS) is 1. The zero-order chi connectivity index (χ0) is 15.8. The Kier molecular flexibility index (Phi) is 6.41. The maximum Gasteiger partial charge on any atom is 0.326 e. The number of carboxylic acids is 1. The molecule has 1 rings (SSSR count). The summed E-state index contributed by atoms with van der Waals surface area (Å²) in [7, 11) is 1.44. The van der Waals surface area contributed by atoms with Gasteiger partial charge in [-0.1, -0.05) is 0 Å². The van der Waals surface area contributed by atoms with Crippen molar-refractivity contribution in [1.29, 1.82) is 0 Å². The van der Waals surface area contributed by atoms with Crippen molar-refractivity contribution in [2.24, 2.45) is 0 Å². The molecule has 0 spiro atoms. The maximum absolute atomic E-state index is 11.9. The molecule has 0 saturated heterocycles. The molecular formula is C13H18N2O6. The highest BCUT2D eigenvalue weighted by Gasteiger charge is 2.24. The van der Waals surface area contributed by atoms with Crippen LogP contribution in [-0.2, 0) is 14.3 Å². The second-order valence-corrected chi connectivity index (χ2v) is 4.39. The lowest BCUT2D eigenvalue weighted by Gasteiger charge is -2.18. The molecule has 1 aromatic rings. The zero-order valence-corrected chi connectivity index (χ0v) is 11.8. The highest BCUT2D eigenvalue weighted by Crippen LogP contribution is 2.01. The minimum Gasteiger partial charge on any atom is -0.480 e. The van der Waals surface area contributed by atoms with Crippen molar-refractivity contribution in [1.82, 2.24) is 10.6 Å². The van der Waals surface area contributed by atoms with Crippen LogP contribution >= 0.6 is 0 Å². The molecule has 0 aromatic carbocycles. The lowest BCUT2D eigenvalue weighted by atomic mass is 10.2. The van der Waals surface area contributed by atoms with Gasteiger partial charge in [0.2, 0.25) is 5.91 Å². The predicted octanol–water partition coefficient (Wildman–Crippen LogP) is 0.00380. The van der Waals surface area contributed by atoms with Gasteiger partial charge in [-0.15, -0.1) is 0 Å². The summed E-state index contributed by atoms with van der Waals surface area (Å²) < 4.78 is 9.55. The molecule has 0 radical (unpaired) electrons. The van der Waals surface area contributed by atoms with Crippen LogP contribution in [0.25, 0.3) is 0 Å². The van der Waals surface area contributed by atoms with Crippen molar-refractivity contribution in [2.45, 2.75) is 25.4 Å². The number of carbonyl (C=O) groups excluding carboxylic acids is 2. The van der Waals surface area contributed by atoms with Crippen molar-refractivity contribution in [3.05, 3.63) is 24.2 Å². The number of carbonyl (C=O) groups is 3. The lowest BCUT2D eigenvalue weighted by Crippen LogP contribution is -2.50. The molecule has 8 nitrogen and oxygen atoms in total. The predicted molar refractivity (Wildman–Crippen MR) is 71.7 cm³/mol. The van der Waals surface area contributed by atoms with Gasteiger partial charge in [0.15, 0.2) is 0 Å². The van der Waals surface area contributed by atoms with Crippen molar-refractivity contribution in [2.75, 3.05) is 13.7 Å². The first-order valence-corrected chi connectivity index (χ1v) is 6.31. The van der Waals surface area contributed by atoms with Gasteiger partial charge in [-0.25, -0.2) is 4.79 Å². The van der Waals surface area contributed by atoms with E-state index >= 15 is 0 Å². The van der Waals surface area contributed by atoms with E-state index in [-0.39, 0.29) is 18.6 Å². The number of nitrogens with one attached hydrogen (secondary N) is 2. The first-order valence-electron chi connectivity index (χ1n) is 6.31. The molecule has 0 aliphatic carbocycles. The number of amides is 2. The largest absolute Gasteiger partial charge is 0.480 e. The van der Waals surface area contributed by atoms with Crippen LogP contribution in [0.2, 0.25) is 0 Å². The van der Waals surface area contributed by atoms with E-state index in [1.54, 1.807) is 0 Å². The van der Waals surface area contributed by atoms with E-state index < -0.39 is 29.9 Å². The molecule has 0 fully saturated rings. The maximum atomic E-state index is 11.9. The van der Waals surface area contributed by atoms with Crippen LogP contribution < -0.4 is 10.6 Å². The second kappa shape index (κ2) is 8.05. The van der Waals surface area contributed by atoms with Crippen LogP contribution in [-0.4, -0.2) is 48.7 Å². The molecule has 0 saturated carbocycles. The average molecular weight is 298 g/mol. The number of hydrogen-bond donors (Lipinski definition) is 3. The molecule has 116 valence electrons. The topological polar surface area (TPSA) is 118 Å². The van der Waals surface area contributed by atoms with Gasteiger partial charge in [0.25, 0.3) is 5.91 Å². The quantitative estimate of drug-likeness (QED) is 0.622. The van der Waals surface area contributed by atoms with E-state index in [0.717, 1.165) is 0 Å². The number of methoxy groups -OCH3 is 1. The molecule has 2 atom stereocenters. The first-order chi connectivity index (χ1) is 9.95. The molecule has 0 aliphatic rings. The van der Waals surface area contributed by atoms with E-state index in [9.17, 15) is 14.4 Å². The van der Waals surface area contributed by atoms with Crippen LogP contribution in [0, 0.1) is 0 Å². The molecule has 21 heavy (non-hydrogen) atoms. The molecule has 1 heterocycles. The van der Waals surface area contributed by atoms with Gasteiger partial charge in [0, 0.05) is 20.1 Å². The number of ether oxygens (including phenoxy) is 1. The summed E-state index contributed by atoms with van der Waals surface area (Å²) >= 11 is 0. The Balaban J connectivity index is 2.52. The fraction of sp³-hybridized carbons (Fsp3) is 0.462. The van der Waals surface area contributed by atoms with E-state index in [2.05, 4.69) is 10.6 Å². The van der Waals surface area contributed by atoms with Crippen LogP contribution in [0.1, 0.15) is 23.7 Å². The molecule has 8 heteroatoms. The fourth-order valence-corrected chi connectivity index (χ4v) is 1.53. The van der Waals surface area contributed by atoms with E-state index in [1.165, 1.54) is 32.6 Å². The highest BCUT2D eigenvalue weighted by atomic mass is 16.5. The summed E-state index contributed by atoms with van der Waals surface area (Å²) in [4.78, 5) is 34.6. The Morgan fingerprint density at radius 1 is 1.38 bits per heavy atom. The lowest BCUT2D eigenvalue weighted by molar-refractivity contribution is -0.142. The summed E-state index contributed by atoms with van der Waals surface area (Å²) in [5, 5.41) is 13.8. The van der Waals surface area contributed by atoms with Gasteiger partial charge in [-0.3, -0.25) is 9.59 Å². The normalized spacial score (nSPS) is 13.2. The van der Waals surface area contributed by atoms with Gasteiger partial charge >= 0.3 is 5.97 Å². The molecule has 0 aliphatic heterocycles. The summed E-state index contributed by atoms with van der Waals surface area (Å²) in [5.74, 6) is -2.22. The van der Waals surface area contributed by atoms with Gasteiger partial charge in [-0.05, 0) is 13.0 Å². The van der Waals surface area contributed by atoms with Gasteiger partial charge in [0.1, 0.15) is 18.3 Å². The van der Waals surface area contributed by atoms with Gasteiger partial charge in [0.05, 0.1) is 11.8 Å². The number of aliphatic carboxylic acids is 1. The summed E-state index contributed by atoms with van der Waals surface area (Å²) in [6.07, 6.45) is 2.73. The summed E-state index contributed by atoms with van der Waals surface area (Å²) in [6, 6.07) is -0.485. The SMILES string of the molecule is COCCC(NC(=O)C(C)NC(=O)c1ccoc1)C(=O)O. The molecule has 3 N–H and O–H groups in total. The van der Waals surface area contributed by atoms with Gasteiger partial charge < -0.3 is 24.9 Å². The Labute approximate surface area is 121 Å². The third-order valence-corrected chi connectivity index (χ3v) is 2.75. The third-order valence-electron chi connectivity index (χ3n) is 2.75. The Hall–Kier alpha value is -2.35. The molecular weight excluding hydrogens is 280 g/mol. The van der Waals surface area contributed by atoms with Crippen molar-refractivity contribution in [3.63, 3.8) is 0 Å². The second-order valence-electron chi connectivity index (χ2n) is 4.39. The Bertz CT molecular complexity index is 485. The zero-order valence-electron chi connectivity index (χ0n) is 11.8. The highest BCUT2D eigenvalue weighted by molar-refractivity contribution is 5.97. The molecule has 2 unspecified atom stereocenters. The Morgan fingerprint density at radius 3 is 2.62 bits per heavy atom. The Morgan fingerprint density at radius 2 is 2.10 bits per heavy atom. The molecule has 2 amide bonds. The van der Waals surface area contributed by atoms with Gasteiger partial charge in [-0.2, -0.15) is 0 Å². The van der Waals surface area contributed by atoms with E-state index in [0.29, 0.717) is 0 Å². The van der Waals surface area contributed by atoms with Crippen LogP contribution in [0.15, 0.2) is 23.0 Å². The molecule has 0 bridgehead atoms. The van der Waals surface area contributed by atoms with Crippen LogP contribution in [0.4, 0.5) is 0 Å². The van der Waals surface area contributed by atoms with Crippen molar-refractivity contribution in [3.8, 4) is 0 Å². The number of rotatable bonds is 8. The average Bonchev–Trinajstić information content (AvgIpc) is 2.96. The van der Waals surface area contributed by atoms with E-state index in [1.807, 2.05) is 0 Å². The number of hydrogen-bond acceptors (Lipinski definition) is 5. The summed E-state index contributed by atoms with van der Waals surface area (Å²) in [5.41, 5.74) is 0.281. The standard InChI is InChI=1S/C13H18N2O6/c1-8(14-12(17)9-3-6-21-7-9)11(16)15-10(13(18)19)4-5-20-2/h3,6-8,10H,4-5H2,1-2H3,(H,14,17)(H,15,16)(H,18,19). The van der Waals surface area contributed by atoms with Crippen LogP contribution in [0.5, 0.6) is 0 Å². The van der Waals surface area contributed by atoms with Crippen LogP contribution in [0.3, 0.4) is 0 Å². The smallest absolute Gasteiger partial charge is 0.326 e. The van der Waals surface area contributed by atoms with E-state index in [4.69, 9.17) is 14.3 Å². The monoisotopic (exact) mass is 298 g/mol. The fourth-order valence-electron chi connectivity index (χ4n) is 1.53. The molecule has 1 aromatic heterocycles. The number of furan rings is 1. The van der Waals surface area contributed by atoms with Crippen molar-refractivity contribution < 1.29 is 28.6 Å².